The Morgan fingerprint density at radius 1 is 1.00 bits per heavy atom. The third-order valence-corrected chi connectivity index (χ3v) is 4.23. The van der Waals surface area contributed by atoms with Crippen molar-refractivity contribution in [3.05, 3.63) is 98.2 Å². The Morgan fingerprint density at radius 3 is 2.10 bits per heavy atom. The van der Waals surface area contributed by atoms with E-state index in [1.807, 2.05) is 12.2 Å². The number of allylic oxidation sites excluding steroid dienone is 9. The summed E-state index contributed by atoms with van der Waals surface area (Å²) in [6, 6.07) is 0. The van der Waals surface area contributed by atoms with E-state index in [1.165, 1.54) is 11.1 Å². The lowest BCUT2D eigenvalue weighted by molar-refractivity contribution is 0.407. The molecule has 104 valence electrons. The minimum atomic E-state index is -0.181. The fourth-order valence-electron chi connectivity index (χ4n) is 2.69. The van der Waals surface area contributed by atoms with Crippen molar-refractivity contribution in [3.8, 4) is 0 Å². The van der Waals surface area contributed by atoms with Crippen molar-refractivity contribution >= 4 is 0 Å². The average Bonchev–Trinajstić information content (AvgIpc) is 2.51. The van der Waals surface area contributed by atoms with Crippen molar-refractivity contribution in [3.63, 3.8) is 0 Å². The fourth-order valence-corrected chi connectivity index (χ4v) is 2.69. The lowest BCUT2D eigenvalue weighted by Crippen LogP contribution is -2.26. The van der Waals surface area contributed by atoms with E-state index in [9.17, 15) is 0 Å². The van der Waals surface area contributed by atoms with Crippen molar-refractivity contribution in [2.45, 2.75) is 19.3 Å². The van der Waals surface area contributed by atoms with Crippen molar-refractivity contribution in [1.82, 2.24) is 0 Å². The van der Waals surface area contributed by atoms with Gasteiger partial charge in [0, 0.05) is 5.41 Å². The van der Waals surface area contributed by atoms with Crippen LogP contribution in [0, 0.1) is 5.41 Å². The summed E-state index contributed by atoms with van der Waals surface area (Å²) in [4.78, 5) is 0. The molecule has 0 aromatic heterocycles. The Balaban J connectivity index is 3.29. The highest BCUT2D eigenvalue weighted by molar-refractivity contribution is 5.51. The second-order valence-electron chi connectivity index (χ2n) is 5.18. The summed E-state index contributed by atoms with van der Waals surface area (Å²) in [5, 5.41) is 0. The molecular formula is C20H24. The van der Waals surface area contributed by atoms with E-state index >= 15 is 0 Å². The normalized spacial score (nSPS) is 21.8. The lowest BCUT2D eigenvalue weighted by Gasteiger charge is -2.39. The Labute approximate surface area is 123 Å². The third kappa shape index (κ3) is 2.75. The van der Waals surface area contributed by atoms with Crippen LogP contribution in [0.4, 0.5) is 0 Å². The minimum Gasteiger partial charge on any atom is -0.102 e. The molecule has 0 aromatic carbocycles. The van der Waals surface area contributed by atoms with E-state index in [-0.39, 0.29) is 5.41 Å². The predicted molar refractivity (Wildman–Crippen MR) is 91.5 cm³/mol. The van der Waals surface area contributed by atoms with Gasteiger partial charge in [0.25, 0.3) is 0 Å². The first-order chi connectivity index (χ1) is 9.45. The summed E-state index contributed by atoms with van der Waals surface area (Å²) >= 11 is 0. The number of hydrogen-bond donors (Lipinski definition) is 0. The highest BCUT2D eigenvalue weighted by atomic mass is 14.4. The predicted octanol–water partition coefficient (Wildman–Crippen LogP) is 5.87. The zero-order chi connectivity index (χ0) is 15.3. The largest absolute Gasteiger partial charge is 0.102 e. The number of rotatable bonds is 7. The molecule has 1 unspecified atom stereocenters. The maximum absolute atomic E-state index is 4.22. The van der Waals surface area contributed by atoms with Gasteiger partial charge < -0.3 is 0 Å². The molecule has 0 heteroatoms. The van der Waals surface area contributed by atoms with Gasteiger partial charge in [-0.05, 0) is 47.1 Å². The Morgan fingerprint density at radius 2 is 1.65 bits per heavy atom. The van der Waals surface area contributed by atoms with Crippen LogP contribution in [0.2, 0.25) is 0 Å². The fraction of sp³-hybridized carbons (Fsp3) is 0.200. The topological polar surface area (TPSA) is 0 Å². The van der Waals surface area contributed by atoms with Gasteiger partial charge >= 0.3 is 0 Å². The lowest BCUT2D eigenvalue weighted by atomic mass is 9.65. The van der Waals surface area contributed by atoms with E-state index in [2.05, 4.69) is 46.1 Å². The third-order valence-electron chi connectivity index (χ3n) is 4.23. The van der Waals surface area contributed by atoms with Crippen LogP contribution in [0.25, 0.3) is 0 Å². The van der Waals surface area contributed by atoms with Crippen molar-refractivity contribution < 1.29 is 0 Å². The van der Waals surface area contributed by atoms with Gasteiger partial charge in [-0.3, -0.25) is 0 Å². The van der Waals surface area contributed by atoms with Gasteiger partial charge in [-0.15, -0.1) is 6.58 Å². The smallest absolute Gasteiger partial charge is 0.0173 e. The van der Waals surface area contributed by atoms with Gasteiger partial charge in [-0.1, -0.05) is 63.8 Å². The maximum atomic E-state index is 4.22. The van der Waals surface area contributed by atoms with Gasteiger partial charge in [0.05, 0.1) is 0 Å². The van der Waals surface area contributed by atoms with Crippen LogP contribution in [0.1, 0.15) is 19.3 Å². The van der Waals surface area contributed by atoms with Crippen molar-refractivity contribution in [2.24, 2.45) is 5.41 Å². The molecule has 0 fully saturated rings. The van der Waals surface area contributed by atoms with Crippen LogP contribution in [0.15, 0.2) is 98.2 Å². The van der Waals surface area contributed by atoms with Crippen LogP contribution in [-0.2, 0) is 0 Å². The molecule has 1 atom stereocenters. The van der Waals surface area contributed by atoms with Crippen molar-refractivity contribution in [2.75, 3.05) is 0 Å². The summed E-state index contributed by atoms with van der Waals surface area (Å²) < 4.78 is 0. The molecule has 0 saturated carbocycles. The molecule has 0 amide bonds. The molecular weight excluding hydrogens is 240 g/mol. The highest BCUT2D eigenvalue weighted by Crippen LogP contribution is 2.49. The molecule has 0 nitrogen and oxygen atoms in total. The SMILES string of the molecule is C=CC(=C)C(=C)C1(C=C)CCC(C=C)=C(C(=C)C=C)C1. The summed E-state index contributed by atoms with van der Waals surface area (Å²) in [7, 11) is 0. The molecule has 1 aliphatic rings. The second-order valence-corrected chi connectivity index (χ2v) is 5.18. The Kier molecular flexibility index (Phi) is 5.10. The van der Waals surface area contributed by atoms with E-state index in [1.54, 1.807) is 12.2 Å². The van der Waals surface area contributed by atoms with Gasteiger partial charge in [0.15, 0.2) is 0 Å². The standard InChI is InChI=1S/C20H24/c1-8-15(5)17(7)20(11-4)13-12-18(10-3)19(14-20)16(6)9-2/h8-11H,1-7,12-14H2. The van der Waals surface area contributed by atoms with Crippen LogP contribution in [0.3, 0.4) is 0 Å². The summed E-state index contributed by atoms with van der Waals surface area (Å²) in [5.41, 5.74) is 5.06. The molecule has 1 rings (SSSR count). The van der Waals surface area contributed by atoms with Crippen LogP contribution in [-0.4, -0.2) is 0 Å². The molecule has 0 radical (unpaired) electrons. The quantitative estimate of drug-likeness (QED) is 0.399. The van der Waals surface area contributed by atoms with E-state index < -0.39 is 0 Å². The van der Waals surface area contributed by atoms with Gasteiger partial charge in [0.1, 0.15) is 0 Å². The monoisotopic (exact) mass is 264 g/mol. The number of hydrogen-bond acceptors (Lipinski definition) is 0. The summed E-state index contributed by atoms with van der Waals surface area (Å²) in [6.07, 6.45) is 10.2. The molecule has 0 N–H and O–H groups in total. The maximum Gasteiger partial charge on any atom is 0.0173 e. The van der Waals surface area contributed by atoms with Crippen LogP contribution in [0.5, 0.6) is 0 Å². The molecule has 0 aliphatic heterocycles. The average molecular weight is 264 g/mol. The molecule has 20 heavy (non-hydrogen) atoms. The molecule has 0 heterocycles. The van der Waals surface area contributed by atoms with Gasteiger partial charge in [-0.25, -0.2) is 0 Å². The van der Waals surface area contributed by atoms with E-state index in [0.29, 0.717) is 0 Å². The van der Waals surface area contributed by atoms with E-state index in [0.717, 1.165) is 36.0 Å². The zero-order valence-corrected chi connectivity index (χ0v) is 12.4. The summed E-state index contributed by atoms with van der Waals surface area (Å²) in [5.74, 6) is 0. The minimum absolute atomic E-state index is 0.181. The van der Waals surface area contributed by atoms with Crippen LogP contribution < -0.4 is 0 Å². The zero-order valence-electron chi connectivity index (χ0n) is 12.4. The molecule has 0 aromatic rings. The summed E-state index contributed by atoms with van der Waals surface area (Å²) in [6.45, 7) is 27.9. The first-order valence-electron chi connectivity index (χ1n) is 6.76. The highest BCUT2D eigenvalue weighted by Gasteiger charge is 2.35. The Bertz CT molecular complexity index is 536. The van der Waals surface area contributed by atoms with Crippen LogP contribution >= 0.6 is 0 Å². The van der Waals surface area contributed by atoms with Gasteiger partial charge in [0.2, 0.25) is 0 Å². The molecule has 0 saturated heterocycles. The van der Waals surface area contributed by atoms with Gasteiger partial charge in [-0.2, -0.15) is 0 Å². The Hall–Kier alpha value is -2.08. The molecule has 0 bridgehead atoms. The second kappa shape index (κ2) is 6.38. The molecule has 0 spiro atoms. The first-order valence-corrected chi connectivity index (χ1v) is 6.76. The first kappa shape index (κ1) is 16.0. The van der Waals surface area contributed by atoms with Crippen molar-refractivity contribution in [1.29, 1.82) is 0 Å². The van der Waals surface area contributed by atoms with E-state index in [4.69, 9.17) is 0 Å². The molecule has 1 aliphatic carbocycles.